The number of tetrazole rings is 1. The number of nitrogens with zero attached hydrogens (tertiary/aromatic N) is 4. The number of aromatic nitrogens is 4. The van der Waals surface area contributed by atoms with E-state index in [0.717, 1.165) is 16.9 Å². The second-order valence-electron chi connectivity index (χ2n) is 5.39. The number of nitrogens with one attached hydrogen (secondary N) is 1. The van der Waals surface area contributed by atoms with Crippen molar-refractivity contribution < 1.29 is 22.4 Å². The third kappa shape index (κ3) is 4.67. The van der Waals surface area contributed by atoms with E-state index in [2.05, 4.69) is 36.7 Å². The van der Waals surface area contributed by atoms with Crippen molar-refractivity contribution in [2.75, 3.05) is 5.32 Å². The highest BCUT2D eigenvalue weighted by atomic mass is 79.9. The minimum atomic E-state index is -4.50. The standard InChI is InChI=1S/C16H10BrF4N5O/c17-11-4-5-13(12(18)7-11)22-14(27)8-26-24-15(23-25-26)9-2-1-3-10(6-9)16(19,20)21/h1-7H,8H2,(H,22,27). The second kappa shape index (κ2) is 7.43. The Morgan fingerprint density at radius 3 is 2.67 bits per heavy atom. The number of hydrogen-bond acceptors (Lipinski definition) is 4. The molecule has 0 saturated carbocycles. The molecule has 27 heavy (non-hydrogen) atoms. The summed E-state index contributed by atoms with van der Waals surface area (Å²) in [4.78, 5) is 12.9. The van der Waals surface area contributed by atoms with Crippen LogP contribution in [0.2, 0.25) is 0 Å². The van der Waals surface area contributed by atoms with Gasteiger partial charge in [-0.3, -0.25) is 4.79 Å². The summed E-state index contributed by atoms with van der Waals surface area (Å²) >= 11 is 3.10. The molecule has 0 aliphatic carbocycles. The highest BCUT2D eigenvalue weighted by Crippen LogP contribution is 2.31. The van der Waals surface area contributed by atoms with E-state index in [4.69, 9.17) is 0 Å². The summed E-state index contributed by atoms with van der Waals surface area (Å²) in [6, 6.07) is 8.55. The van der Waals surface area contributed by atoms with Crippen LogP contribution in [-0.2, 0) is 17.5 Å². The molecule has 2 aromatic carbocycles. The largest absolute Gasteiger partial charge is 0.416 e. The Morgan fingerprint density at radius 2 is 1.96 bits per heavy atom. The summed E-state index contributed by atoms with van der Waals surface area (Å²) in [7, 11) is 0. The molecule has 140 valence electrons. The van der Waals surface area contributed by atoms with E-state index in [1.807, 2.05) is 0 Å². The number of benzene rings is 2. The number of amides is 1. The number of halogens is 5. The van der Waals surface area contributed by atoms with Crippen LogP contribution >= 0.6 is 15.9 Å². The third-order valence-corrected chi connectivity index (χ3v) is 3.88. The minimum Gasteiger partial charge on any atom is -0.322 e. The van der Waals surface area contributed by atoms with Gasteiger partial charge in [-0.15, -0.1) is 10.2 Å². The number of rotatable bonds is 4. The molecule has 1 amide bonds. The van der Waals surface area contributed by atoms with Crippen LogP contribution < -0.4 is 5.32 Å². The number of carbonyl (C=O) groups excluding carboxylic acids is 1. The third-order valence-electron chi connectivity index (χ3n) is 3.39. The maximum Gasteiger partial charge on any atom is 0.416 e. The Bertz CT molecular complexity index is 989. The Labute approximate surface area is 158 Å². The van der Waals surface area contributed by atoms with Crippen LogP contribution in [0.3, 0.4) is 0 Å². The van der Waals surface area contributed by atoms with E-state index in [1.165, 1.54) is 24.3 Å². The van der Waals surface area contributed by atoms with Gasteiger partial charge < -0.3 is 5.32 Å². The van der Waals surface area contributed by atoms with Crippen LogP contribution in [0.4, 0.5) is 23.2 Å². The minimum absolute atomic E-state index is 0.0265. The fourth-order valence-corrected chi connectivity index (χ4v) is 2.50. The summed E-state index contributed by atoms with van der Waals surface area (Å²) < 4.78 is 52.6. The number of hydrogen-bond donors (Lipinski definition) is 1. The first kappa shape index (κ1) is 19.0. The van der Waals surface area contributed by atoms with Gasteiger partial charge >= 0.3 is 6.18 Å². The van der Waals surface area contributed by atoms with E-state index < -0.39 is 23.5 Å². The SMILES string of the molecule is O=C(Cn1nnc(-c2cccc(C(F)(F)F)c2)n1)Nc1ccc(Br)cc1F. The molecule has 0 unspecified atom stereocenters. The zero-order valence-corrected chi connectivity index (χ0v) is 14.9. The molecule has 11 heteroatoms. The molecule has 1 aromatic heterocycles. The molecule has 0 spiro atoms. The number of alkyl halides is 3. The second-order valence-corrected chi connectivity index (χ2v) is 6.31. The van der Waals surface area contributed by atoms with Gasteiger partial charge in [0.15, 0.2) is 0 Å². The fraction of sp³-hybridized carbons (Fsp3) is 0.125. The van der Waals surface area contributed by atoms with Crippen molar-refractivity contribution >= 4 is 27.5 Å². The van der Waals surface area contributed by atoms with Gasteiger partial charge in [0.05, 0.1) is 11.3 Å². The normalized spacial score (nSPS) is 11.4. The zero-order chi connectivity index (χ0) is 19.6. The van der Waals surface area contributed by atoms with E-state index in [-0.39, 0.29) is 23.6 Å². The van der Waals surface area contributed by atoms with Gasteiger partial charge in [0, 0.05) is 10.0 Å². The van der Waals surface area contributed by atoms with Crippen LogP contribution in [0, 0.1) is 5.82 Å². The first-order valence-electron chi connectivity index (χ1n) is 7.43. The van der Waals surface area contributed by atoms with E-state index >= 15 is 0 Å². The fourth-order valence-electron chi connectivity index (χ4n) is 2.17. The van der Waals surface area contributed by atoms with Crippen molar-refractivity contribution in [1.82, 2.24) is 20.2 Å². The van der Waals surface area contributed by atoms with Gasteiger partial charge in [0.1, 0.15) is 12.4 Å². The van der Waals surface area contributed by atoms with Crippen molar-refractivity contribution in [2.45, 2.75) is 12.7 Å². The first-order valence-corrected chi connectivity index (χ1v) is 8.22. The van der Waals surface area contributed by atoms with E-state index in [9.17, 15) is 22.4 Å². The average Bonchev–Trinajstić information content (AvgIpc) is 3.05. The molecule has 0 saturated heterocycles. The first-order chi connectivity index (χ1) is 12.7. The highest BCUT2D eigenvalue weighted by molar-refractivity contribution is 9.10. The number of anilines is 1. The van der Waals surface area contributed by atoms with Gasteiger partial charge in [0.2, 0.25) is 11.7 Å². The average molecular weight is 444 g/mol. The lowest BCUT2D eigenvalue weighted by molar-refractivity contribution is -0.137. The van der Waals surface area contributed by atoms with Gasteiger partial charge in [-0.1, -0.05) is 28.1 Å². The monoisotopic (exact) mass is 443 g/mol. The summed E-state index contributed by atoms with van der Waals surface area (Å²) in [6.45, 7) is -0.387. The predicted molar refractivity (Wildman–Crippen MR) is 91.0 cm³/mol. The summed E-state index contributed by atoms with van der Waals surface area (Å²) in [5.41, 5.74) is -0.767. The van der Waals surface area contributed by atoms with Gasteiger partial charge in [-0.25, -0.2) is 4.39 Å². The highest BCUT2D eigenvalue weighted by Gasteiger charge is 2.30. The summed E-state index contributed by atoms with van der Waals surface area (Å²) in [5.74, 6) is -1.32. The maximum atomic E-state index is 13.7. The Hall–Kier alpha value is -2.82. The lowest BCUT2D eigenvalue weighted by Gasteiger charge is -2.07. The van der Waals surface area contributed by atoms with Crippen molar-refractivity contribution in [3.63, 3.8) is 0 Å². The molecule has 3 aromatic rings. The molecule has 0 atom stereocenters. The summed E-state index contributed by atoms with van der Waals surface area (Å²) in [5, 5.41) is 13.5. The van der Waals surface area contributed by atoms with Gasteiger partial charge in [-0.2, -0.15) is 18.0 Å². The van der Waals surface area contributed by atoms with Gasteiger partial charge in [-0.05, 0) is 35.5 Å². The molecule has 6 nitrogen and oxygen atoms in total. The molecule has 0 bridgehead atoms. The van der Waals surface area contributed by atoms with Crippen molar-refractivity contribution in [3.05, 3.63) is 58.3 Å². The van der Waals surface area contributed by atoms with Crippen molar-refractivity contribution in [2.24, 2.45) is 0 Å². The maximum absolute atomic E-state index is 13.7. The molecule has 3 rings (SSSR count). The molecule has 0 aliphatic rings. The van der Waals surface area contributed by atoms with E-state index in [0.29, 0.717) is 4.47 Å². The molecule has 0 fully saturated rings. The lowest BCUT2D eigenvalue weighted by atomic mass is 10.1. The number of carbonyl (C=O) groups is 1. The van der Waals surface area contributed by atoms with E-state index in [1.54, 1.807) is 6.07 Å². The Balaban J connectivity index is 1.72. The van der Waals surface area contributed by atoms with Crippen molar-refractivity contribution in [3.8, 4) is 11.4 Å². The van der Waals surface area contributed by atoms with Gasteiger partial charge in [0.25, 0.3) is 0 Å². The van der Waals surface area contributed by atoms with Crippen LogP contribution in [0.1, 0.15) is 5.56 Å². The Kier molecular flexibility index (Phi) is 5.22. The molecular formula is C16H10BrF4N5O. The van der Waals surface area contributed by atoms with Crippen LogP contribution in [0.15, 0.2) is 46.9 Å². The molecule has 0 aliphatic heterocycles. The molecular weight excluding hydrogens is 434 g/mol. The summed E-state index contributed by atoms with van der Waals surface area (Å²) in [6.07, 6.45) is -4.50. The predicted octanol–water partition coefficient (Wildman–Crippen LogP) is 3.90. The van der Waals surface area contributed by atoms with Crippen LogP contribution in [-0.4, -0.2) is 26.1 Å². The molecule has 1 N–H and O–H groups in total. The van der Waals surface area contributed by atoms with Crippen molar-refractivity contribution in [1.29, 1.82) is 0 Å². The quantitative estimate of drug-likeness (QED) is 0.620. The van der Waals surface area contributed by atoms with Crippen LogP contribution in [0.25, 0.3) is 11.4 Å². The van der Waals surface area contributed by atoms with Crippen LogP contribution in [0.5, 0.6) is 0 Å². The molecule has 1 heterocycles. The molecule has 0 radical (unpaired) electrons. The Morgan fingerprint density at radius 1 is 1.19 bits per heavy atom. The smallest absolute Gasteiger partial charge is 0.322 e. The topological polar surface area (TPSA) is 72.7 Å². The lowest BCUT2D eigenvalue weighted by Crippen LogP contribution is -2.21. The zero-order valence-electron chi connectivity index (χ0n) is 13.3.